The average Bonchev–Trinajstić information content (AvgIpc) is 3.45. The zero-order chi connectivity index (χ0) is 28.9. The minimum absolute atomic E-state index is 0.108. The van der Waals surface area contributed by atoms with Gasteiger partial charge in [-0.15, -0.1) is 6.42 Å². The van der Waals surface area contributed by atoms with Gasteiger partial charge in [0.2, 0.25) is 0 Å². The summed E-state index contributed by atoms with van der Waals surface area (Å²) in [5.74, 6) is 2.92. The Morgan fingerprint density at radius 1 is 0.927 bits per heavy atom. The summed E-state index contributed by atoms with van der Waals surface area (Å²) in [5.41, 5.74) is 9.72. The van der Waals surface area contributed by atoms with Gasteiger partial charge in [-0.3, -0.25) is 0 Å². The lowest BCUT2D eigenvalue weighted by atomic mass is 9.74. The number of nitrogens with zero attached hydrogens (tertiary/aromatic N) is 4. The molecule has 5 aromatic rings. The van der Waals surface area contributed by atoms with Crippen molar-refractivity contribution in [2.45, 2.75) is 34.1 Å². The van der Waals surface area contributed by atoms with Gasteiger partial charge in [0.25, 0.3) is 0 Å². The van der Waals surface area contributed by atoms with Crippen LogP contribution in [0.1, 0.15) is 48.8 Å². The molecule has 0 bridgehead atoms. The zero-order valence-corrected chi connectivity index (χ0v) is 23.7. The van der Waals surface area contributed by atoms with Crippen LogP contribution in [0.15, 0.2) is 78.4 Å². The van der Waals surface area contributed by atoms with E-state index in [9.17, 15) is 10.5 Å². The van der Waals surface area contributed by atoms with Crippen molar-refractivity contribution in [3.63, 3.8) is 0 Å². The van der Waals surface area contributed by atoms with Crippen LogP contribution >= 0.6 is 0 Å². The van der Waals surface area contributed by atoms with Crippen LogP contribution in [0.2, 0.25) is 0 Å². The largest absolute Gasteiger partial charge is 0.314 e. The van der Waals surface area contributed by atoms with E-state index in [1.165, 1.54) is 5.56 Å². The lowest BCUT2D eigenvalue weighted by Crippen LogP contribution is -2.23. The summed E-state index contributed by atoms with van der Waals surface area (Å²) in [6.45, 7) is 8.90. The lowest BCUT2D eigenvalue weighted by Gasteiger charge is -2.31. The maximum atomic E-state index is 9.63. The zero-order valence-electron chi connectivity index (χ0n) is 23.7. The third-order valence-corrected chi connectivity index (χ3v) is 8.34. The van der Waals surface area contributed by atoms with Crippen molar-refractivity contribution in [2.24, 2.45) is 11.3 Å². The molecule has 1 aliphatic rings. The highest BCUT2D eigenvalue weighted by atomic mass is 15.0. The molecule has 198 valence electrons. The number of terminal acetylenes is 1. The number of allylic oxidation sites excluding steroid dienone is 2. The fourth-order valence-electron chi connectivity index (χ4n) is 6.14. The van der Waals surface area contributed by atoms with Gasteiger partial charge in [0.1, 0.15) is 11.6 Å². The molecule has 0 fully saturated rings. The first-order valence-electron chi connectivity index (χ1n) is 13.8. The second-order valence-corrected chi connectivity index (χ2v) is 11.8. The minimum Gasteiger partial charge on any atom is -0.314 e. The number of para-hydroxylation sites is 1. The summed E-state index contributed by atoms with van der Waals surface area (Å²) in [4.78, 5) is 0. The second-order valence-electron chi connectivity index (χ2n) is 11.8. The van der Waals surface area contributed by atoms with Crippen molar-refractivity contribution < 1.29 is 0 Å². The van der Waals surface area contributed by atoms with Crippen LogP contribution in [0.4, 0.5) is 0 Å². The van der Waals surface area contributed by atoms with E-state index in [-0.39, 0.29) is 5.41 Å². The van der Waals surface area contributed by atoms with Gasteiger partial charge in [-0.1, -0.05) is 57.0 Å². The Morgan fingerprint density at radius 3 is 2.37 bits per heavy atom. The van der Waals surface area contributed by atoms with Gasteiger partial charge in [0.15, 0.2) is 0 Å². The van der Waals surface area contributed by atoms with Gasteiger partial charge in [-0.05, 0) is 84.9 Å². The summed E-state index contributed by atoms with van der Waals surface area (Å²) >= 11 is 0. The van der Waals surface area contributed by atoms with Crippen LogP contribution in [0.5, 0.6) is 0 Å². The molecule has 1 atom stereocenters. The van der Waals surface area contributed by atoms with Crippen LogP contribution in [0.3, 0.4) is 0 Å². The van der Waals surface area contributed by atoms with Gasteiger partial charge < -0.3 is 9.13 Å². The number of rotatable bonds is 3. The normalized spacial score (nSPS) is 15.0. The number of aromatic nitrogens is 2. The van der Waals surface area contributed by atoms with Gasteiger partial charge in [0.05, 0.1) is 22.7 Å². The number of nitriles is 2. The Morgan fingerprint density at radius 2 is 1.66 bits per heavy atom. The molecule has 0 amide bonds. The SMILES string of the molecule is C#C/C(C#N)=C\c1c2c(n(-c3cccc(-n4c5ccccc5c5cc(C#N)ccc54)c3)c1C)C=CC(C(C)(C)C)C2. The summed E-state index contributed by atoms with van der Waals surface area (Å²) < 4.78 is 4.55. The highest BCUT2D eigenvalue weighted by Gasteiger charge is 2.30. The highest BCUT2D eigenvalue weighted by molar-refractivity contribution is 6.09. The van der Waals surface area contributed by atoms with E-state index < -0.39 is 0 Å². The Balaban J connectivity index is 1.59. The smallest absolute Gasteiger partial charge is 0.108 e. The van der Waals surface area contributed by atoms with Gasteiger partial charge in [0, 0.05) is 39.1 Å². The Bertz CT molecular complexity index is 2030. The van der Waals surface area contributed by atoms with Crippen LogP contribution in [0, 0.1) is 53.3 Å². The second kappa shape index (κ2) is 9.75. The maximum Gasteiger partial charge on any atom is 0.108 e. The molecule has 0 aliphatic heterocycles. The van der Waals surface area contributed by atoms with E-state index in [4.69, 9.17) is 6.42 Å². The quantitative estimate of drug-likeness (QED) is 0.173. The molecule has 2 aromatic heterocycles. The number of hydrogen-bond donors (Lipinski definition) is 0. The molecule has 0 radical (unpaired) electrons. The van der Waals surface area contributed by atoms with Crippen LogP contribution in [0.25, 0.3) is 45.3 Å². The van der Waals surface area contributed by atoms with E-state index in [0.717, 1.165) is 56.6 Å². The first-order chi connectivity index (χ1) is 19.7. The van der Waals surface area contributed by atoms with Crippen molar-refractivity contribution in [1.29, 1.82) is 10.5 Å². The number of hydrogen-bond acceptors (Lipinski definition) is 2. The van der Waals surface area contributed by atoms with Crippen molar-refractivity contribution >= 4 is 34.0 Å². The molecule has 0 saturated carbocycles. The summed E-state index contributed by atoms with van der Waals surface area (Å²) in [6, 6.07) is 27.2. The Kier molecular flexibility index (Phi) is 6.18. The van der Waals surface area contributed by atoms with Crippen molar-refractivity contribution in [3.05, 3.63) is 106 Å². The van der Waals surface area contributed by atoms with E-state index in [1.54, 1.807) is 0 Å². The molecule has 0 spiro atoms. The third-order valence-electron chi connectivity index (χ3n) is 8.34. The molecular weight excluding hydrogens is 500 g/mol. The number of benzene rings is 3. The molecular formula is C37H30N4. The predicted molar refractivity (Wildman–Crippen MR) is 168 cm³/mol. The summed E-state index contributed by atoms with van der Waals surface area (Å²) in [6.07, 6.45) is 13.0. The van der Waals surface area contributed by atoms with Crippen LogP contribution in [-0.4, -0.2) is 9.13 Å². The molecule has 6 rings (SSSR count). The van der Waals surface area contributed by atoms with Gasteiger partial charge >= 0.3 is 0 Å². The summed E-state index contributed by atoms with van der Waals surface area (Å²) in [5, 5.41) is 21.3. The molecule has 4 heteroatoms. The number of fused-ring (bicyclic) bond motifs is 4. The third kappa shape index (κ3) is 4.24. The summed E-state index contributed by atoms with van der Waals surface area (Å²) in [7, 11) is 0. The van der Waals surface area contributed by atoms with Crippen LogP contribution in [-0.2, 0) is 6.42 Å². The van der Waals surface area contributed by atoms with Crippen molar-refractivity contribution in [2.75, 3.05) is 0 Å². The van der Waals surface area contributed by atoms with E-state index in [2.05, 4.69) is 103 Å². The fraction of sp³-hybridized carbons (Fsp3) is 0.189. The molecule has 0 saturated heterocycles. The molecule has 1 aliphatic carbocycles. The first kappa shape index (κ1) is 26.0. The average molecular weight is 531 g/mol. The monoisotopic (exact) mass is 530 g/mol. The molecule has 2 heterocycles. The molecule has 0 N–H and O–H groups in total. The first-order valence-corrected chi connectivity index (χ1v) is 13.8. The minimum atomic E-state index is 0.108. The van der Waals surface area contributed by atoms with Crippen LogP contribution < -0.4 is 0 Å². The van der Waals surface area contributed by atoms with Crippen molar-refractivity contribution in [1.82, 2.24) is 9.13 Å². The molecule has 1 unspecified atom stereocenters. The highest BCUT2D eigenvalue weighted by Crippen LogP contribution is 2.41. The predicted octanol–water partition coefficient (Wildman–Crippen LogP) is 8.53. The van der Waals surface area contributed by atoms with E-state index in [0.29, 0.717) is 17.1 Å². The van der Waals surface area contributed by atoms with Gasteiger partial charge in [-0.2, -0.15) is 10.5 Å². The fourth-order valence-corrected chi connectivity index (χ4v) is 6.14. The van der Waals surface area contributed by atoms with E-state index in [1.807, 2.05) is 36.4 Å². The molecule has 4 nitrogen and oxygen atoms in total. The van der Waals surface area contributed by atoms with Crippen molar-refractivity contribution in [3.8, 4) is 35.9 Å². The topological polar surface area (TPSA) is 57.4 Å². The van der Waals surface area contributed by atoms with Gasteiger partial charge in [-0.25, -0.2) is 0 Å². The Hall–Kier alpha value is -5.24. The molecule has 41 heavy (non-hydrogen) atoms. The van der Waals surface area contributed by atoms with E-state index >= 15 is 0 Å². The maximum absolute atomic E-state index is 9.63. The molecule has 3 aromatic carbocycles. The lowest BCUT2D eigenvalue weighted by molar-refractivity contribution is 0.290. The standard InChI is InChI=1S/C37H30N4/c1-6-25(22-38)18-31-24(2)40(35-17-15-27(20-33(31)35)37(3,4)5)28-10-9-11-29(21-28)41-34-13-8-7-12-30(34)32-19-26(23-39)14-16-36(32)41/h1,7-19,21,27H,20H2,2-5H3/b25-18+. The Labute approximate surface area is 241 Å².